The second kappa shape index (κ2) is 5.67. The van der Waals surface area contributed by atoms with E-state index in [0.29, 0.717) is 11.6 Å². The number of hydrogen-bond donors (Lipinski definition) is 1. The van der Waals surface area contributed by atoms with Gasteiger partial charge in [0.05, 0.1) is 6.61 Å². The fourth-order valence-corrected chi connectivity index (χ4v) is 2.68. The Hall–Kier alpha value is -1.13. The van der Waals surface area contributed by atoms with E-state index in [-0.39, 0.29) is 12.4 Å². The number of aliphatic hydroxyl groups is 1. The summed E-state index contributed by atoms with van der Waals surface area (Å²) in [6.45, 7) is 2.03. The predicted octanol–water partition coefficient (Wildman–Crippen LogP) is 1.85. The number of anilines is 1. The van der Waals surface area contributed by atoms with Crippen molar-refractivity contribution in [2.45, 2.75) is 25.5 Å². The molecule has 1 unspecified atom stereocenters. The number of hydrogen-bond acceptors (Lipinski definition) is 3. The third-order valence-corrected chi connectivity index (χ3v) is 3.74. The van der Waals surface area contributed by atoms with Crippen LogP contribution in [0.25, 0.3) is 0 Å². The Morgan fingerprint density at radius 3 is 2.94 bits per heavy atom. The molecule has 1 heterocycles. The zero-order valence-corrected chi connectivity index (χ0v) is 11.1. The molecule has 1 fully saturated rings. The van der Waals surface area contributed by atoms with Gasteiger partial charge < -0.3 is 14.9 Å². The molecule has 100 valence electrons. The second-order valence-electron chi connectivity index (χ2n) is 5.10. The molecule has 1 aromatic rings. The van der Waals surface area contributed by atoms with Crippen molar-refractivity contribution < 1.29 is 9.50 Å². The normalized spacial score (nSPS) is 21.0. The molecule has 1 atom stereocenters. The van der Waals surface area contributed by atoms with Crippen molar-refractivity contribution in [2.24, 2.45) is 0 Å². The average molecular weight is 252 g/mol. The van der Waals surface area contributed by atoms with Crippen molar-refractivity contribution in [3.63, 3.8) is 0 Å². The predicted molar refractivity (Wildman–Crippen MR) is 71.2 cm³/mol. The summed E-state index contributed by atoms with van der Waals surface area (Å²) in [5, 5.41) is 9.34. The first-order valence-corrected chi connectivity index (χ1v) is 6.42. The Bertz CT molecular complexity index is 411. The number of aliphatic hydroxyl groups excluding tert-OH is 1. The standard InChI is InChI=1S/C14H21FN2O/c1-16-7-3-4-13(9-16)17(2)14-6-5-12(15)8-11(14)10-18/h5-6,8,13,18H,3-4,7,9-10H2,1-2H3. The fraction of sp³-hybridized carbons (Fsp3) is 0.571. The van der Waals surface area contributed by atoms with Gasteiger partial charge in [0.1, 0.15) is 5.82 Å². The van der Waals surface area contributed by atoms with E-state index >= 15 is 0 Å². The molecule has 1 saturated heterocycles. The van der Waals surface area contributed by atoms with Gasteiger partial charge >= 0.3 is 0 Å². The summed E-state index contributed by atoms with van der Waals surface area (Å²) in [6.07, 6.45) is 2.32. The summed E-state index contributed by atoms with van der Waals surface area (Å²) in [7, 11) is 4.15. The summed E-state index contributed by atoms with van der Waals surface area (Å²) < 4.78 is 13.2. The third kappa shape index (κ3) is 2.82. The maximum Gasteiger partial charge on any atom is 0.123 e. The van der Waals surface area contributed by atoms with Crippen LogP contribution in [0.1, 0.15) is 18.4 Å². The number of likely N-dealkylation sites (N-methyl/N-ethyl adjacent to an activating group) is 2. The van der Waals surface area contributed by atoms with E-state index in [1.165, 1.54) is 18.6 Å². The van der Waals surface area contributed by atoms with Crippen molar-refractivity contribution >= 4 is 5.69 Å². The second-order valence-corrected chi connectivity index (χ2v) is 5.10. The van der Waals surface area contributed by atoms with E-state index in [1.807, 2.05) is 7.05 Å². The molecule has 1 aliphatic rings. The summed E-state index contributed by atoms with van der Waals surface area (Å²) >= 11 is 0. The quantitative estimate of drug-likeness (QED) is 0.889. The van der Waals surface area contributed by atoms with Gasteiger partial charge in [-0.3, -0.25) is 0 Å². The minimum atomic E-state index is -0.294. The van der Waals surface area contributed by atoms with Crippen LogP contribution in [0, 0.1) is 5.82 Å². The highest BCUT2D eigenvalue weighted by Gasteiger charge is 2.22. The zero-order chi connectivity index (χ0) is 13.1. The molecular weight excluding hydrogens is 231 g/mol. The van der Waals surface area contributed by atoms with Crippen LogP contribution in [-0.4, -0.2) is 43.2 Å². The molecule has 0 aliphatic carbocycles. The number of halogens is 1. The van der Waals surface area contributed by atoms with Crippen LogP contribution in [0.5, 0.6) is 0 Å². The lowest BCUT2D eigenvalue weighted by Crippen LogP contribution is -2.45. The monoisotopic (exact) mass is 252 g/mol. The van der Waals surface area contributed by atoms with Gasteiger partial charge in [-0.2, -0.15) is 0 Å². The molecule has 3 nitrogen and oxygen atoms in total. The smallest absolute Gasteiger partial charge is 0.123 e. The van der Waals surface area contributed by atoms with E-state index < -0.39 is 0 Å². The van der Waals surface area contributed by atoms with Gasteiger partial charge in [0.15, 0.2) is 0 Å². The van der Waals surface area contributed by atoms with Crippen LogP contribution < -0.4 is 4.90 Å². The Labute approximate surface area is 108 Å². The van der Waals surface area contributed by atoms with E-state index in [1.54, 1.807) is 6.07 Å². The molecule has 1 aromatic carbocycles. The van der Waals surface area contributed by atoms with Gasteiger partial charge in [0.25, 0.3) is 0 Å². The highest BCUT2D eigenvalue weighted by Crippen LogP contribution is 2.25. The Kier molecular flexibility index (Phi) is 4.19. The van der Waals surface area contributed by atoms with Gasteiger partial charge in [0, 0.05) is 30.9 Å². The molecule has 0 aromatic heterocycles. The first-order chi connectivity index (χ1) is 8.61. The number of piperidine rings is 1. The highest BCUT2D eigenvalue weighted by atomic mass is 19.1. The zero-order valence-electron chi connectivity index (χ0n) is 11.1. The maximum atomic E-state index is 13.2. The van der Waals surface area contributed by atoms with Crippen molar-refractivity contribution in [1.82, 2.24) is 4.90 Å². The van der Waals surface area contributed by atoms with E-state index in [2.05, 4.69) is 16.8 Å². The van der Waals surface area contributed by atoms with Crippen LogP contribution in [0.3, 0.4) is 0 Å². The Morgan fingerprint density at radius 2 is 2.28 bits per heavy atom. The molecule has 1 N–H and O–H groups in total. The fourth-order valence-electron chi connectivity index (χ4n) is 2.68. The molecule has 0 spiro atoms. The molecule has 0 saturated carbocycles. The van der Waals surface area contributed by atoms with E-state index in [4.69, 9.17) is 0 Å². The van der Waals surface area contributed by atoms with Gasteiger partial charge in [-0.1, -0.05) is 0 Å². The van der Waals surface area contributed by atoms with Crippen LogP contribution in [0.15, 0.2) is 18.2 Å². The lowest BCUT2D eigenvalue weighted by molar-refractivity contribution is 0.246. The molecule has 18 heavy (non-hydrogen) atoms. The highest BCUT2D eigenvalue weighted by molar-refractivity contribution is 5.54. The molecule has 0 radical (unpaired) electrons. The maximum absolute atomic E-state index is 13.2. The molecular formula is C14H21FN2O. The molecule has 1 aliphatic heterocycles. The SMILES string of the molecule is CN1CCCC(N(C)c2ccc(F)cc2CO)C1. The average Bonchev–Trinajstić information content (AvgIpc) is 2.37. The number of rotatable bonds is 3. The summed E-state index contributed by atoms with van der Waals surface area (Å²) in [4.78, 5) is 4.48. The van der Waals surface area contributed by atoms with Crippen molar-refractivity contribution in [3.8, 4) is 0 Å². The first-order valence-electron chi connectivity index (χ1n) is 6.42. The number of nitrogens with zero attached hydrogens (tertiary/aromatic N) is 2. The van der Waals surface area contributed by atoms with E-state index in [0.717, 1.165) is 25.2 Å². The number of likely N-dealkylation sites (tertiary alicyclic amines) is 1. The largest absolute Gasteiger partial charge is 0.392 e. The minimum absolute atomic E-state index is 0.125. The van der Waals surface area contributed by atoms with Crippen LogP contribution >= 0.6 is 0 Å². The van der Waals surface area contributed by atoms with Gasteiger partial charge in [-0.25, -0.2) is 4.39 Å². The Morgan fingerprint density at radius 1 is 1.50 bits per heavy atom. The Balaban J connectivity index is 2.19. The molecule has 2 rings (SSSR count). The summed E-state index contributed by atoms with van der Waals surface area (Å²) in [6, 6.07) is 5.06. The van der Waals surface area contributed by atoms with Gasteiger partial charge in [0.2, 0.25) is 0 Å². The topological polar surface area (TPSA) is 26.7 Å². The van der Waals surface area contributed by atoms with Crippen molar-refractivity contribution in [2.75, 3.05) is 32.1 Å². The van der Waals surface area contributed by atoms with Crippen LogP contribution in [-0.2, 0) is 6.61 Å². The van der Waals surface area contributed by atoms with Gasteiger partial charge in [-0.05, 0) is 44.6 Å². The third-order valence-electron chi connectivity index (χ3n) is 3.74. The molecule has 0 bridgehead atoms. The molecule has 0 amide bonds. The van der Waals surface area contributed by atoms with Crippen molar-refractivity contribution in [3.05, 3.63) is 29.6 Å². The van der Waals surface area contributed by atoms with Crippen molar-refractivity contribution in [1.29, 1.82) is 0 Å². The van der Waals surface area contributed by atoms with Crippen LogP contribution in [0.2, 0.25) is 0 Å². The lowest BCUT2D eigenvalue weighted by atomic mass is 10.0. The minimum Gasteiger partial charge on any atom is -0.392 e. The first kappa shape index (κ1) is 13.3. The summed E-state index contributed by atoms with van der Waals surface area (Å²) in [5.41, 5.74) is 1.59. The van der Waals surface area contributed by atoms with Gasteiger partial charge in [-0.15, -0.1) is 0 Å². The lowest BCUT2D eigenvalue weighted by Gasteiger charge is -2.37. The summed E-state index contributed by atoms with van der Waals surface area (Å²) in [5.74, 6) is -0.294. The van der Waals surface area contributed by atoms with Crippen LogP contribution in [0.4, 0.5) is 10.1 Å². The molecule has 4 heteroatoms. The van der Waals surface area contributed by atoms with E-state index in [9.17, 15) is 9.50 Å². The number of benzene rings is 1.